The maximum atomic E-state index is 10.3. The van der Waals surface area contributed by atoms with Crippen LogP contribution in [-0.4, -0.2) is 22.6 Å². The number of aromatic nitrogens is 3. The highest BCUT2D eigenvalue weighted by molar-refractivity contribution is 7.87. The van der Waals surface area contributed by atoms with Crippen molar-refractivity contribution in [1.29, 1.82) is 0 Å². The zero-order valence-electron chi connectivity index (χ0n) is 4.30. The van der Waals surface area contributed by atoms with Crippen LogP contribution in [0, 0.1) is 0 Å². The van der Waals surface area contributed by atoms with E-state index in [9.17, 15) is 8.42 Å². The molecule has 9 heavy (non-hydrogen) atoms. The minimum atomic E-state index is -3.72. The normalized spacial score (nSPS) is 11.7. The van der Waals surface area contributed by atoms with E-state index in [1.807, 2.05) is 0 Å². The van der Waals surface area contributed by atoms with E-state index in [4.69, 9.17) is 0 Å². The van der Waals surface area contributed by atoms with Crippen LogP contribution >= 0.6 is 0 Å². The molecule has 0 atom stereocenters. The first kappa shape index (κ1) is 6.17. The third-order valence-electron chi connectivity index (χ3n) is 0.658. The van der Waals surface area contributed by atoms with Gasteiger partial charge in [0, 0.05) is 0 Å². The summed E-state index contributed by atoms with van der Waals surface area (Å²) in [5.41, 5.74) is 0. The molecule has 0 aromatic carbocycles. The Morgan fingerprint density at radius 1 is 1.56 bits per heavy atom. The van der Waals surface area contributed by atoms with E-state index in [1.54, 1.807) is 0 Å². The van der Waals surface area contributed by atoms with Crippen molar-refractivity contribution in [3.8, 4) is 0 Å². The van der Waals surface area contributed by atoms with Gasteiger partial charge in [-0.25, -0.2) is 10.1 Å². The standard InChI is InChI=1S/C2H4N4O2S/c3-9(7,8)6-2-4-1-5-6/h1-2H,(H2,3,7,8). The van der Waals surface area contributed by atoms with Crippen LogP contribution in [0.3, 0.4) is 0 Å². The average molecular weight is 148 g/mol. The van der Waals surface area contributed by atoms with Crippen molar-refractivity contribution < 1.29 is 8.42 Å². The van der Waals surface area contributed by atoms with Gasteiger partial charge in [-0.2, -0.15) is 8.42 Å². The first-order valence-corrected chi connectivity index (χ1v) is 3.49. The summed E-state index contributed by atoms with van der Waals surface area (Å²) in [5.74, 6) is 0. The molecule has 1 rings (SSSR count). The fourth-order valence-corrected chi connectivity index (χ4v) is 0.688. The first-order valence-electron chi connectivity index (χ1n) is 1.98. The molecule has 0 aliphatic heterocycles. The van der Waals surface area contributed by atoms with Crippen molar-refractivity contribution in [3.63, 3.8) is 0 Å². The zero-order valence-corrected chi connectivity index (χ0v) is 5.11. The van der Waals surface area contributed by atoms with Gasteiger partial charge in [0.05, 0.1) is 0 Å². The van der Waals surface area contributed by atoms with Gasteiger partial charge >= 0.3 is 10.2 Å². The predicted molar refractivity (Wildman–Crippen MR) is 28.5 cm³/mol. The molecular formula is C2H4N4O2S. The second-order valence-electron chi connectivity index (χ2n) is 1.31. The van der Waals surface area contributed by atoms with Gasteiger partial charge in [0.2, 0.25) is 0 Å². The van der Waals surface area contributed by atoms with Crippen molar-refractivity contribution >= 4 is 10.2 Å². The molecule has 0 amide bonds. The topological polar surface area (TPSA) is 90.9 Å². The van der Waals surface area contributed by atoms with E-state index in [0.29, 0.717) is 4.09 Å². The third-order valence-corrected chi connectivity index (χ3v) is 1.37. The van der Waals surface area contributed by atoms with Gasteiger partial charge in [-0.3, -0.25) is 0 Å². The fourth-order valence-electron chi connectivity index (χ4n) is 0.329. The monoisotopic (exact) mass is 148 g/mol. The number of nitrogens with zero attached hydrogens (tertiary/aromatic N) is 3. The van der Waals surface area contributed by atoms with E-state index >= 15 is 0 Å². The molecule has 0 saturated heterocycles. The molecule has 7 heteroatoms. The fraction of sp³-hybridized carbons (Fsp3) is 0. The summed E-state index contributed by atoms with van der Waals surface area (Å²) in [6.45, 7) is 0. The van der Waals surface area contributed by atoms with E-state index in [0.717, 1.165) is 12.7 Å². The lowest BCUT2D eigenvalue weighted by Crippen LogP contribution is -2.21. The van der Waals surface area contributed by atoms with Crippen LogP contribution in [0.4, 0.5) is 0 Å². The summed E-state index contributed by atoms with van der Waals surface area (Å²) < 4.78 is 21.2. The Hall–Kier alpha value is -0.950. The zero-order chi connectivity index (χ0) is 6.91. The smallest absolute Gasteiger partial charge is 0.222 e. The molecule has 0 radical (unpaired) electrons. The molecule has 50 valence electrons. The molecule has 0 spiro atoms. The predicted octanol–water partition coefficient (Wildman–Crippen LogP) is -1.67. The maximum Gasteiger partial charge on any atom is 0.319 e. The van der Waals surface area contributed by atoms with Crippen molar-refractivity contribution in [2.75, 3.05) is 0 Å². The summed E-state index contributed by atoms with van der Waals surface area (Å²) in [4.78, 5) is 3.38. The molecule has 0 aliphatic carbocycles. The SMILES string of the molecule is NS(=O)(=O)n1cncn1. The second-order valence-corrected chi connectivity index (χ2v) is 2.72. The highest BCUT2D eigenvalue weighted by Crippen LogP contribution is 1.80. The first-order chi connectivity index (χ1) is 4.11. The highest BCUT2D eigenvalue weighted by atomic mass is 32.2. The van der Waals surface area contributed by atoms with E-state index < -0.39 is 10.2 Å². The van der Waals surface area contributed by atoms with Crippen molar-refractivity contribution in [2.45, 2.75) is 0 Å². The molecule has 1 heterocycles. The van der Waals surface area contributed by atoms with E-state index in [1.165, 1.54) is 0 Å². The highest BCUT2D eigenvalue weighted by Gasteiger charge is 2.02. The van der Waals surface area contributed by atoms with Crippen LogP contribution in [0.5, 0.6) is 0 Å². The van der Waals surface area contributed by atoms with Gasteiger partial charge in [-0.1, -0.05) is 0 Å². The molecule has 6 nitrogen and oxygen atoms in total. The number of nitrogens with two attached hydrogens (primary N) is 1. The summed E-state index contributed by atoms with van der Waals surface area (Å²) >= 11 is 0. The van der Waals surface area contributed by atoms with Gasteiger partial charge in [0.25, 0.3) is 0 Å². The van der Waals surface area contributed by atoms with Crippen LogP contribution in [0.1, 0.15) is 0 Å². The summed E-state index contributed by atoms with van der Waals surface area (Å²) in [6, 6.07) is 0. The van der Waals surface area contributed by atoms with Gasteiger partial charge < -0.3 is 0 Å². The Labute approximate surface area is 51.5 Å². The molecule has 0 bridgehead atoms. The van der Waals surface area contributed by atoms with Gasteiger partial charge in [-0.15, -0.1) is 9.19 Å². The van der Waals surface area contributed by atoms with E-state index in [2.05, 4.69) is 15.2 Å². The molecule has 0 unspecified atom stereocenters. The molecule has 0 saturated carbocycles. The molecule has 2 N–H and O–H groups in total. The number of rotatable bonds is 1. The van der Waals surface area contributed by atoms with Crippen molar-refractivity contribution in [1.82, 2.24) is 14.2 Å². The second kappa shape index (κ2) is 1.78. The molecular weight excluding hydrogens is 144 g/mol. The van der Waals surface area contributed by atoms with Crippen LogP contribution < -0.4 is 5.14 Å². The lowest BCUT2D eigenvalue weighted by atomic mass is 11.3. The van der Waals surface area contributed by atoms with Gasteiger partial charge in [0.1, 0.15) is 12.7 Å². The Kier molecular flexibility index (Phi) is 1.22. The van der Waals surface area contributed by atoms with Crippen LogP contribution in [0.25, 0.3) is 0 Å². The lowest BCUT2D eigenvalue weighted by Gasteiger charge is -1.90. The molecule has 1 aromatic rings. The minimum Gasteiger partial charge on any atom is -0.222 e. The third kappa shape index (κ3) is 1.24. The van der Waals surface area contributed by atoms with E-state index in [-0.39, 0.29) is 0 Å². The largest absolute Gasteiger partial charge is 0.319 e. The average Bonchev–Trinajstić information content (AvgIpc) is 2.08. The number of hydrogen-bond donors (Lipinski definition) is 1. The molecule has 0 aliphatic rings. The summed E-state index contributed by atoms with van der Waals surface area (Å²) in [6.07, 6.45) is 2.10. The lowest BCUT2D eigenvalue weighted by molar-refractivity contribution is 0.581. The summed E-state index contributed by atoms with van der Waals surface area (Å²) in [7, 11) is -3.72. The van der Waals surface area contributed by atoms with Gasteiger partial charge in [0.15, 0.2) is 0 Å². The Morgan fingerprint density at radius 3 is 2.44 bits per heavy atom. The van der Waals surface area contributed by atoms with Crippen molar-refractivity contribution in [3.05, 3.63) is 12.7 Å². The summed E-state index contributed by atoms with van der Waals surface area (Å²) in [5, 5.41) is 7.91. The van der Waals surface area contributed by atoms with Crippen molar-refractivity contribution in [2.24, 2.45) is 5.14 Å². The minimum absolute atomic E-state index is 0.576. The molecule has 1 aromatic heterocycles. The van der Waals surface area contributed by atoms with Crippen LogP contribution in [0.2, 0.25) is 0 Å². The number of hydrogen-bond acceptors (Lipinski definition) is 4. The Morgan fingerprint density at radius 2 is 2.22 bits per heavy atom. The Balaban J connectivity index is 3.20. The quantitative estimate of drug-likeness (QED) is 0.515. The Bertz CT molecular complexity index is 274. The maximum absolute atomic E-state index is 10.3. The van der Waals surface area contributed by atoms with Crippen LogP contribution in [-0.2, 0) is 10.2 Å². The van der Waals surface area contributed by atoms with Crippen LogP contribution in [0.15, 0.2) is 12.7 Å². The van der Waals surface area contributed by atoms with Gasteiger partial charge in [-0.05, 0) is 0 Å². The molecule has 0 fully saturated rings.